The van der Waals surface area contributed by atoms with Gasteiger partial charge in [-0.2, -0.15) is 0 Å². The van der Waals surface area contributed by atoms with E-state index in [0.717, 1.165) is 0 Å². The molecule has 19 heavy (non-hydrogen) atoms. The molecule has 102 valence electrons. The highest BCUT2D eigenvalue weighted by Crippen LogP contribution is 2.07. The first-order chi connectivity index (χ1) is 9.11. The van der Waals surface area contributed by atoms with E-state index in [2.05, 4.69) is 9.72 Å². The van der Waals surface area contributed by atoms with E-state index < -0.39 is 0 Å². The summed E-state index contributed by atoms with van der Waals surface area (Å²) in [4.78, 5) is 40.2. The third-order valence-corrected chi connectivity index (χ3v) is 3.00. The largest absolute Gasteiger partial charge is 0.453 e. The van der Waals surface area contributed by atoms with E-state index in [9.17, 15) is 14.4 Å². The van der Waals surface area contributed by atoms with Crippen molar-refractivity contribution in [3.05, 3.63) is 34.2 Å². The summed E-state index contributed by atoms with van der Waals surface area (Å²) in [5, 5.41) is 0. The summed E-state index contributed by atoms with van der Waals surface area (Å²) in [6, 6.07) is 4.46. The van der Waals surface area contributed by atoms with Gasteiger partial charge in [0.2, 0.25) is 5.56 Å². The van der Waals surface area contributed by atoms with Gasteiger partial charge < -0.3 is 19.5 Å². The number of H-pyrrole nitrogens is 1. The Morgan fingerprint density at radius 1 is 1.16 bits per heavy atom. The molecule has 0 radical (unpaired) electrons. The van der Waals surface area contributed by atoms with E-state index in [1.807, 2.05) is 0 Å². The maximum Gasteiger partial charge on any atom is 0.409 e. The van der Waals surface area contributed by atoms with E-state index in [1.165, 1.54) is 24.1 Å². The SMILES string of the molecule is COC(=O)N1CCN(C(=O)c2cccc(=O)[nH]2)CC1. The van der Waals surface area contributed by atoms with Gasteiger partial charge in [-0.1, -0.05) is 6.07 Å². The first-order valence-electron chi connectivity index (χ1n) is 5.93. The third kappa shape index (κ3) is 2.93. The molecule has 0 aliphatic carbocycles. The van der Waals surface area contributed by atoms with Crippen molar-refractivity contribution in [2.75, 3.05) is 33.3 Å². The topological polar surface area (TPSA) is 82.7 Å². The van der Waals surface area contributed by atoms with Crippen LogP contribution in [0.1, 0.15) is 10.5 Å². The number of aromatic amines is 1. The zero-order valence-corrected chi connectivity index (χ0v) is 10.6. The van der Waals surface area contributed by atoms with E-state index in [4.69, 9.17) is 0 Å². The van der Waals surface area contributed by atoms with Crippen LogP contribution in [-0.4, -0.2) is 60.1 Å². The quantitative estimate of drug-likeness (QED) is 0.768. The average Bonchev–Trinajstić information content (AvgIpc) is 2.46. The standard InChI is InChI=1S/C12H15N3O4/c1-19-12(18)15-7-5-14(6-8-15)11(17)9-3-2-4-10(16)13-9/h2-4H,5-8H2,1H3,(H,13,16). The molecule has 1 N–H and O–H groups in total. The van der Waals surface area contributed by atoms with Crippen LogP contribution in [0.3, 0.4) is 0 Å². The number of pyridine rings is 1. The van der Waals surface area contributed by atoms with Crippen LogP contribution < -0.4 is 5.56 Å². The molecule has 1 saturated heterocycles. The normalized spacial score (nSPS) is 15.2. The summed E-state index contributed by atoms with van der Waals surface area (Å²) in [5.74, 6) is -0.234. The molecule has 1 aliphatic rings. The second-order valence-corrected chi connectivity index (χ2v) is 4.18. The van der Waals surface area contributed by atoms with Gasteiger partial charge in [-0.05, 0) is 6.07 Å². The number of hydrogen-bond donors (Lipinski definition) is 1. The van der Waals surface area contributed by atoms with Crippen LogP contribution in [0.25, 0.3) is 0 Å². The van der Waals surface area contributed by atoms with Crippen LogP contribution in [0.2, 0.25) is 0 Å². The van der Waals surface area contributed by atoms with E-state index in [1.54, 1.807) is 11.0 Å². The highest BCUT2D eigenvalue weighted by Gasteiger charge is 2.25. The molecule has 7 nitrogen and oxygen atoms in total. The third-order valence-electron chi connectivity index (χ3n) is 3.00. The Kier molecular flexibility index (Phi) is 3.84. The summed E-state index contributed by atoms with van der Waals surface area (Å²) in [6.07, 6.45) is -0.389. The van der Waals surface area contributed by atoms with Crippen LogP contribution >= 0.6 is 0 Å². The van der Waals surface area contributed by atoms with Gasteiger partial charge in [-0.3, -0.25) is 9.59 Å². The van der Waals surface area contributed by atoms with Crippen molar-refractivity contribution >= 4 is 12.0 Å². The van der Waals surface area contributed by atoms with Gasteiger partial charge in [0.25, 0.3) is 5.91 Å². The second kappa shape index (κ2) is 5.55. The lowest BCUT2D eigenvalue weighted by Gasteiger charge is -2.33. The molecule has 1 fully saturated rings. The number of amides is 2. The van der Waals surface area contributed by atoms with Crippen molar-refractivity contribution in [2.45, 2.75) is 0 Å². The Hall–Kier alpha value is -2.31. The molecule has 2 rings (SSSR count). The fourth-order valence-corrected chi connectivity index (χ4v) is 1.96. The Bertz CT molecular complexity index is 532. The molecule has 0 unspecified atom stereocenters. The number of hydrogen-bond acceptors (Lipinski definition) is 4. The maximum atomic E-state index is 12.1. The summed E-state index contributed by atoms with van der Waals surface area (Å²) >= 11 is 0. The number of rotatable bonds is 1. The zero-order valence-electron chi connectivity index (χ0n) is 10.6. The highest BCUT2D eigenvalue weighted by atomic mass is 16.5. The number of aromatic nitrogens is 1. The number of nitrogens with zero attached hydrogens (tertiary/aromatic N) is 2. The van der Waals surface area contributed by atoms with Crippen molar-refractivity contribution < 1.29 is 14.3 Å². The van der Waals surface area contributed by atoms with Crippen molar-refractivity contribution in [2.24, 2.45) is 0 Å². The van der Waals surface area contributed by atoms with Crippen molar-refractivity contribution in [1.82, 2.24) is 14.8 Å². The predicted molar refractivity (Wildman–Crippen MR) is 66.9 cm³/mol. The first-order valence-corrected chi connectivity index (χ1v) is 5.93. The molecule has 1 aromatic rings. The van der Waals surface area contributed by atoms with Crippen LogP contribution in [0.5, 0.6) is 0 Å². The van der Waals surface area contributed by atoms with Crippen LogP contribution in [0, 0.1) is 0 Å². The summed E-state index contributed by atoms with van der Waals surface area (Å²) in [5.41, 5.74) is -0.0435. The minimum absolute atomic E-state index is 0.234. The molecule has 0 saturated carbocycles. The number of carbonyl (C=O) groups is 2. The molecule has 0 bridgehead atoms. The van der Waals surface area contributed by atoms with E-state index >= 15 is 0 Å². The van der Waals surface area contributed by atoms with Gasteiger partial charge >= 0.3 is 6.09 Å². The fraction of sp³-hybridized carbons (Fsp3) is 0.417. The Labute approximate surface area is 109 Å². The molecule has 0 spiro atoms. The van der Waals surface area contributed by atoms with Gasteiger partial charge in [0.1, 0.15) is 5.69 Å². The highest BCUT2D eigenvalue weighted by molar-refractivity contribution is 5.92. The van der Waals surface area contributed by atoms with Gasteiger partial charge in [0, 0.05) is 32.2 Å². The molecule has 1 aromatic heterocycles. The predicted octanol–water partition coefficient (Wildman–Crippen LogP) is -0.101. The zero-order chi connectivity index (χ0) is 13.8. The Morgan fingerprint density at radius 2 is 1.79 bits per heavy atom. The Balaban J connectivity index is 2.00. The molecule has 7 heteroatoms. The molecule has 0 aromatic carbocycles. The second-order valence-electron chi connectivity index (χ2n) is 4.18. The summed E-state index contributed by atoms with van der Waals surface area (Å²) in [6.45, 7) is 1.70. The summed E-state index contributed by atoms with van der Waals surface area (Å²) in [7, 11) is 1.33. The summed E-state index contributed by atoms with van der Waals surface area (Å²) < 4.78 is 4.62. The lowest BCUT2D eigenvalue weighted by atomic mass is 10.2. The number of carbonyl (C=O) groups excluding carboxylic acids is 2. The van der Waals surface area contributed by atoms with Crippen LogP contribution in [0.15, 0.2) is 23.0 Å². The van der Waals surface area contributed by atoms with Crippen LogP contribution in [0.4, 0.5) is 4.79 Å². The minimum atomic E-state index is -0.389. The molecule has 1 aliphatic heterocycles. The molecule has 2 heterocycles. The number of piperazine rings is 1. The van der Waals surface area contributed by atoms with Gasteiger partial charge in [-0.25, -0.2) is 4.79 Å². The number of methoxy groups -OCH3 is 1. The molecule has 2 amide bonds. The monoisotopic (exact) mass is 265 g/mol. The van der Waals surface area contributed by atoms with Crippen molar-refractivity contribution in [1.29, 1.82) is 0 Å². The fourth-order valence-electron chi connectivity index (χ4n) is 1.96. The number of ether oxygens (including phenoxy) is 1. The van der Waals surface area contributed by atoms with E-state index in [0.29, 0.717) is 26.2 Å². The first kappa shape index (κ1) is 13.1. The van der Waals surface area contributed by atoms with Crippen molar-refractivity contribution in [3.8, 4) is 0 Å². The maximum absolute atomic E-state index is 12.1. The molecular formula is C12H15N3O4. The number of nitrogens with one attached hydrogen (secondary N) is 1. The molecule has 0 atom stereocenters. The van der Waals surface area contributed by atoms with Gasteiger partial charge in [0.15, 0.2) is 0 Å². The van der Waals surface area contributed by atoms with Gasteiger partial charge in [0.05, 0.1) is 7.11 Å². The lowest BCUT2D eigenvalue weighted by molar-refractivity contribution is 0.0594. The van der Waals surface area contributed by atoms with E-state index in [-0.39, 0.29) is 23.3 Å². The Morgan fingerprint density at radius 3 is 2.37 bits per heavy atom. The average molecular weight is 265 g/mol. The van der Waals surface area contributed by atoms with Crippen molar-refractivity contribution in [3.63, 3.8) is 0 Å². The van der Waals surface area contributed by atoms with Gasteiger partial charge in [-0.15, -0.1) is 0 Å². The van der Waals surface area contributed by atoms with Crippen LogP contribution in [-0.2, 0) is 4.74 Å². The molecular weight excluding hydrogens is 250 g/mol. The lowest BCUT2D eigenvalue weighted by Crippen LogP contribution is -2.50. The smallest absolute Gasteiger partial charge is 0.409 e. The minimum Gasteiger partial charge on any atom is -0.453 e.